The van der Waals surface area contributed by atoms with Crippen LogP contribution in [0.5, 0.6) is 5.75 Å². The van der Waals surface area contributed by atoms with Gasteiger partial charge in [0, 0.05) is 4.88 Å². The standard InChI is InChI=1S/C22H27NO4S/c1-4-17(27-15-12-10-14(3)11-13-15)20(24)23-21-19(22(25)26-5-2)16-8-6-7-9-18(16)28-21/h10-13,17H,4-9H2,1-3H3,(H,23,24)/t17-/m1/s1. The van der Waals surface area contributed by atoms with Crippen LogP contribution in [0, 0.1) is 6.92 Å². The number of amides is 1. The van der Waals surface area contributed by atoms with E-state index in [1.807, 2.05) is 38.1 Å². The Morgan fingerprint density at radius 2 is 1.86 bits per heavy atom. The topological polar surface area (TPSA) is 64.6 Å². The third-order valence-electron chi connectivity index (χ3n) is 4.85. The van der Waals surface area contributed by atoms with Crippen LogP contribution in [0.3, 0.4) is 0 Å². The summed E-state index contributed by atoms with van der Waals surface area (Å²) in [5.41, 5.74) is 2.70. The molecule has 0 bridgehead atoms. The van der Waals surface area contributed by atoms with E-state index in [9.17, 15) is 9.59 Å². The van der Waals surface area contributed by atoms with Crippen molar-refractivity contribution in [1.82, 2.24) is 0 Å². The van der Waals surface area contributed by atoms with Crippen LogP contribution in [-0.2, 0) is 22.4 Å². The number of ether oxygens (including phenoxy) is 2. The molecular formula is C22H27NO4S. The van der Waals surface area contributed by atoms with E-state index in [2.05, 4.69) is 5.32 Å². The molecule has 0 unspecified atom stereocenters. The number of aryl methyl sites for hydroxylation is 2. The molecule has 1 heterocycles. The summed E-state index contributed by atoms with van der Waals surface area (Å²) < 4.78 is 11.1. The fourth-order valence-electron chi connectivity index (χ4n) is 3.37. The van der Waals surface area contributed by atoms with Crippen LogP contribution in [0.1, 0.15) is 59.5 Å². The van der Waals surface area contributed by atoms with Gasteiger partial charge in [-0.1, -0.05) is 24.6 Å². The zero-order chi connectivity index (χ0) is 20.1. The molecule has 2 aromatic rings. The quantitative estimate of drug-likeness (QED) is 0.670. The molecule has 6 heteroatoms. The van der Waals surface area contributed by atoms with Crippen molar-refractivity contribution in [3.63, 3.8) is 0 Å². The number of hydrogen-bond acceptors (Lipinski definition) is 5. The highest BCUT2D eigenvalue weighted by Gasteiger charge is 2.29. The number of rotatable bonds is 7. The maximum atomic E-state index is 12.9. The zero-order valence-corrected chi connectivity index (χ0v) is 17.5. The highest BCUT2D eigenvalue weighted by molar-refractivity contribution is 7.17. The Hall–Kier alpha value is -2.34. The van der Waals surface area contributed by atoms with Crippen molar-refractivity contribution in [2.45, 2.75) is 59.0 Å². The van der Waals surface area contributed by atoms with Crippen LogP contribution in [0.2, 0.25) is 0 Å². The average Bonchev–Trinajstić information content (AvgIpc) is 3.05. The predicted molar refractivity (Wildman–Crippen MR) is 111 cm³/mol. The summed E-state index contributed by atoms with van der Waals surface area (Å²) in [6, 6.07) is 7.62. The zero-order valence-electron chi connectivity index (χ0n) is 16.7. The number of anilines is 1. The Balaban J connectivity index is 1.80. The molecule has 0 spiro atoms. The molecule has 5 nitrogen and oxygen atoms in total. The molecule has 1 aliphatic rings. The van der Waals surface area contributed by atoms with Crippen molar-refractivity contribution in [3.8, 4) is 5.75 Å². The van der Waals surface area contributed by atoms with Crippen LogP contribution in [-0.4, -0.2) is 24.6 Å². The van der Waals surface area contributed by atoms with Gasteiger partial charge in [0.2, 0.25) is 0 Å². The van der Waals surface area contributed by atoms with Gasteiger partial charge in [-0.15, -0.1) is 11.3 Å². The number of esters is 1. The van der Waals surface area contributed by atoms with E-state index in [1.54, 1.807) is 6.92 Å². The summed E-state index contributed by atoms with van der Waals surface area (Å²) in [6.07, 6.45) is 3.86. The lowest BCUT2D eigenvalue weighted by molar-refractivity contribution is -0.122. The molecule has 0 fully saturated rings. The second kappa shape index (κ2) is 9.24. The number of hydrogen-bond donors (Lipinski definition) is 1. The Kier molecular flexibility index (Phi) is 6.73. The molecule has 150 valence electrons. The lowest BCUT2D eigenvalue weighted by Gasteiger charge is -2.17. The van der Waals surface area contributed by atoms with Gasteiger partial charge < -0.3 is 14.8 Å². The molecule has 1 aromatic heterocycles. The second-order valence-electron chi connectivity index (χ2n) is 6.95. The predicted octanol–water partition coefficient (Wildman–Crippen LogP) is 4.91. The minimum atomic E-state index is -0.628. The Morgan fingerprint density at radius 3 is 2.54 bits per heavy atom. The fourth-order valence-corrected chi connectivity index (χ4v) is 4.65. The summed E-state index contributed by atoms with van der Waals surface area (Å²) >= 11 is 1.49. The summed E-state index contributed by atoms with van der Waals surface area (Å²) in [7, 11) is 0. The van der Waals surface area contributed by atoms with Gasteiger partial charge in [-0.3, -0.25) is 4.79 Å². The van der Waals surface area contributed by atoms with E-state index >= 15 is 0 Å². The minimum absolute atomic E-state index is 0.243. The first-order valence-electron chi connectivity index (χ1n) is 9.89. The number of thiophene rings is 1. The summed E-state index contributed by atoms with van der Waals surface area (Å²) in [4.78, 5) is 26.6. The normalized spacial score (nSPS) is 14.1. The van der Waals surface area contributed by atoms with Gasteiger partial charge >= 0.3 is 5.97 Å². The SMILES string of the molecule is CCOC(=O)c1c(NC(=O)[C@@H](CC)Oc2ccc(C)cc2)sc2c1CCCC2. The molecule has 1 N–H and O–H groups in total. The summed E-state index contributed by atoms with van der Waals surface area (Å²) in [6.45, 7) is 6.01. The van der Waals surface area contributed by atoms with Crippen LogP contribution in [0.4, 0.5) is 5.00 Å². The largest absolute Gasteiger partial charge is 0.481 e. The van der Waals surface area contributed by atoms with Crippen LogP contribution in [0.25, 0.3) is 0 Å². The average molecular weight is 402 g/mol. The smallest absolute Gasteiger partial charge is 0.341 e. The first-order valence-corrected chi connectivity index (χ1v) is 10.7. The fraction of sp³-hybridized carbons (Fsp3) is 0.455. The number of carbonyl (C=O) groups is 2. The molecule has 0 saturated carbocycles. The molecule has 28 heavy (non-hydrogen) atoms. The van der Waals surface area contributed by atoms with Gasteiger partial charge in [-0.05, 0) is 63.6 Å². The first kappa shape index (κ1) is 20.4. The van der Waals surface area contributed by atoms with Gasteiger partial charge in [-0.2, -0.15) is 0 Å². The van der Waals surface area contributed by atoms with Crippen LogP contribution in [0.15, 0.2) is 24.3 Å². The van der Waals surface area contributed by atoms with Crippen molar-refractivity contribution in [3.05, 3.63) is 45.8 Å². The molecule has 3 rings (SSSR count). The number of nitrogens with one attached hydrogen (secondary N) is 1. The molecule has 0 radical (unpaired) electrons. The maximum absolute atomic E-state index is 12.9. The van der Waals surface area contributed by atoms with E-state index in [0.29, 0.717) is 29.3 Å². The third-order valence-corrected chi connectivity index (χ3v) is 6.06. The highest BCUT2D eigenvalue weighted by Crippen LogP contribution is 2.38. The first-order chi connectivity index (χ1) is 13.5. The number of carbonyl (C=O) groups excluding carboxylic acids is 2. The van der Waals surface area contributed by atoms with E-state index in [1.165, 1.54) is 16.2 Å². The molecule has 1 atom stereocenters. The van der Waals surface area contributed by atoms with Gasteiger partial charge in [-0.25, -0.2) is 4.79 Å². The molecular weight excluding hydrogens is 374 g/mol. The number of fused-ring (bicyclic) bond motifs is 1. The Morgan fingerprint density at radius 1 is 1.14 bits per heavy atom. The molecule has 1 aromatic carbocycles. The van der Waals surface area contributed by atoms with Crippen LogP contribution >= 0.6 is 11.3 Å². The van der Waals surface area contributed by atoms with Gasteiger partial charge in [0.25, 0.3) is 5.91 Å². The van der Waals surface area contributed by atoms with Crippen molar-refractivity contribution in [2.75, 3.05) is 11.9 Å². The Labute approximate surface area is 170 Å². The summed E-state index contributed by atoms with van der Waals surface area (Å²) in [5, 5.41) is 3.53. The van der Waals surface area contributed by atoms with E-state index < -0.39 is 6.10 Å². The van der Waals surface area contributed by atoms with Gasteiger partial charge in [0.05, 0.1) is 12.2 Å². The lowest BCUT2D eigenvalue weighted by Crippen LogP contribution is -2.32. The van der Waals surface area contributed by atoms with E-state index in [-0.39, 0.29) is 11.9 Å². The Bertz CT molecular complexity index is 841. The highest BCUT2D eigenvalue weighted by atomic mass is 32.1. The van der Waals surface area contributed by atoms with E-state index in [0.717, 1.165) is 36.8 Å². The molecule has 1 aliphatic carbocycles. The van der Waals surface area contributed by atoms with Gasteiger partial charge in [0.15, 0.2) is 6.10 Å². The molecule has 1 amide bonds. The van der Waals surface area contributed by atoms with E-state index in [4.69, 9.17) is 9.47 Å². The van der Waals surface area contributed by atoms with Crippen molar-refractivity contribution in [2.24, 2.45) is 0 Å². The van der Waals surface area contributed by atoms with Crippen molar-refractivity contribution >= 4 is 28.2 Å². The van der Waals surface area contributed by atoms with Crippen LogP contribution < -0.4 is 10.1 Å². The maximum Gasteiger partial charge on any atom is 0.341 e. The minimum Gasteiger partial charge on any atom is -0.481 e. The van der Waals surface area contributed by atoms with Crippen molar-refractivity contribution in [1.29, 1.82) is 0 Å². The monoisotopic (exact) mass is 401 g/mol. The third kappa shape index (κ3) is 4.55. The number of benzene rings is 1. The second-order valence-corrected chi connectivity index (χ2v) is 8.06. The lowest BCUT2D eigenvalue weighted by atomic mass is 9.95. The molecule has 0 aliphatic heterocycles. The molecule has 0 saturated heterocycles. The van der Waals surface area contributed by atoms with Crippen molar-refractivity contribution < 1.29 is 19.1 Å². The van der Waals surface area contributed by atoms with Gasteiger partial charge in [0.1, 0.15) is 10.8 Å². The summed E-state index contributed by atoms with van der Waals surface area (Å²) in [5.74, 6) is 0.0561.